The molecule has 1 aliphatic heterocycles. The smallest absolute Gasteiger partial charge is 0.244 e. The van der Waals surface area contributed by atoms with Crippen LogP contribution in [0.25, 0.3) is 0 Å². The van der Waals surface area contributed by atoms with Gasteiger partial charge in [0, 0.05) is 29.3 Å². The molecule has 7 heteroatoms. The standard InChI is InChI=1S/C13H16BrN3O2S/c1-16-13(18)11-7-19-5-4-17(11)10-3-2-8(14)6-9(10)12(15)20/h2-3,6,11H,4-5,7H2,1H3,(H2,15,20)(H,16,18). The topological polar surface area (TPSA) is 67.6 Å². The van der Waals surface area contributed by atoms with Gasteiger partial charge < -0.3 is 20.7 Å². The first-order valence-corrected chi connectivity index (χ1v) is 7.40. The van der Waals surface area contributed by atoms with E-state index in [1.54, 1.807) is 7.05 Å². The van der Waals surface area contributed by atoms with Crippen molar-refractivity contribution in [2.45, 2.75) is 6.04 Å². The highest BCUT2D eigenvalue weighted by Gasteiger charge is 2.30. The van der Waals surface area contributed by atoms with Gasteiger partial charge in [-0.2, -0.15) is 0 Å². The molecule has 1 aromatic carbocycles. The first-order valence-electron chi connectivity index (χ1n) is 6.20. The molecule has 1 fully saturated rings. The summed E-state index contributed by atoms with van der Waals surface area (Å²) in [5.41, 5.74) is 7.41. The largest absolute Gasteiger partial charge is 0.389 e. The van der Waals surface area contributed by atoms with E-state index in [0.717, 1.165) is 15.7 Å². The number of thiocarbonyl (C=S) groups is 1. The highest BCUT2D eigenvalue weighted by Crippen LogP contribution is 2.27. The van der Waals surface area contributed by atoms with Crippen molar-refractivity contribution in [3.63, 3.8) is 0 Å². The molecule has 0 spiro atoms. The van der Waals surface area contributed by atoms with E-state index >= 15 is 0 Å². The quantitative estimate of drug-likeness (QED) is 0.791. The number of ether oxygens (including phenoxy) is 1. The van der Waals surface area contributed by atoms with E-state index in [0.29, 0.717) is 24.7 Å². The number of benzene rings is 1. The van der Waals surface area contributed by atoms with Crippen LogP contribution in [0.4, 0.5) is 5.69 Å². The molecule has 20 heavy (non-hydrogen) atoms. The Hall–Kier alpha value is -1.18. The van der Waals surface area contributed by atoms with Gasteiger partial charge in [0.05, 0.1) is 13.2 Å². The maximum absolute atomic E-state index is 12.0. The molecule has 1 saturated heterocycles. The van der Waals surface area contributed by atoms with Crippen molar-refractivity contribution in [3.8, 4) is 0 Å². The Morgan fingerprint density at radius 2 is 2.35 bits per heavy atom. The molecular formula is C13H16BrN3O2S. The molecule has 0 saturated carbocycles. The van der Waals surface area contributed by atoms with Gasteiger partial charge in [0.2, 0.25) is 5.91 Å². The Bertz CT molecular complexity index is 538. The summed E-state index contributed by atoms with van der Waals surface area (Å²) in [6, 6.07) is 5.32. The lowest BCUT2D eigenvalue weighted by molar-refractivity contribution is -0.124. The number of nitrogens with one attached hydrogen (secondary N) is 1. The number of morpholine rings is 1. The molecule has 108 valence electrons. The Kier molecular flexibility index (Phi) is 4.95. The van der Waals surface area contributed by atoms with Crippen molar-refractivity contribution in [1.82, 2.24) is 5.32 Å². The molecule has 2 rings (SSSR count). The number of hydrogen-bond acceptors (Lipinski definition) is 4. The van der Waals surface area contributed by atoms with Crippen molar-refractivity contribution in [3.05, 3.63) is 28.2 Å². The first kappa shape index (κ1) is 15.2. The van der Waals surface area contributed by atoms with Crippen LogP contribution < -0.4 is 16.0 Å². The average Bonchev–Trinajstić information content (AvgIpc) is 2.46. The molecule has 1 aliphatic rings. The minimum Gasteiger partial charge on any atom is -0.389 e. The zero-order chi connectivity index (χ0) is 14.7. The molecule has 0 aliphatic carbocycles. The van der Waals surface area contributed by atoms with Gasteiger partial charge in [0.1, 0.15) is 11.0 Å². The highest BCUT2D eigenvalue weighted by molar-refractivity contribution is 9.10. The molecule has 1 atom stereocenters. The lowest BCUT2D eigenvalue weighted by atomic mass is 10.1. The van der Waals surface area contributed by atoms with Crippen LogP contribution in [0.3, 0.4) is 0 Å². The summed E-state index contributed by atoms with van der Waals surface area (Å²) in [4.78, 5) is 14.3. The van der Waals surface area contributed by atoms with Gasteiger partial charge in [0.25, 0.3) is 0 Å². The van der Waals surface area contributed by atoms with Crippen molar-refractivity contribution in [1.29, 1.82) is 0 Å². The lowest BCUT2D eigenvalue weighted by Gasteiger charge is -2.37. The fourth-order valence-corrected chi connectivity index (χ4v) is 2.76. The second kappa shape index (κ2) is 6.51. The molecule has 1 unspecified atom stereocenters. The number of nitrogens with zero attached hydrogens (tertiary/aromatic N) is 1. The van der Waals surface area contributed by atoms with E-state index in [2.05, 4.69) is 21.2 Å². The number of likely N-dealkylation sites (N-methyl/N-ethyl adjacent to an activating group) is 1. The molecule has 0 aromatic heterocycles. The number of rotatable bonds is 3. The summed E-state index contributed by atoms with van der Waals surface area (Å²) in [5, 5.41) is 2.66. The van der Waals surface area contributed by atoms with E-state index in [-0.39, 0.29) is 11.9 Å². The third kappa shape index (κ3) is 3.11. The van der Waals surface area contributed by atoms with Gasteiger partial charge in [0.15, 0.2) is 0 Å². The number of hydrogen-bond donors (Lipinski definition) is 2. The van der Waals surface area contributed by atoms with Gasteiger partial charge in [-0.3, -0.25) is 4.79 Å². The van der Waals surface area contributed by atoms with Crippen LogP contribution in [0.5, 0.6) is 0 Å². The van der Waals surface area contributed by atoms with Gasteiger partial charge in [-0.15, -0.1) is 0 Å². The normalized spacial score (nSPS) is 18.7. The van der Waals surface area contributed by atoms with Crippen LogP contribution >= 0.6 is 28.1 Å². The third-order valence-corrected chi connectivity index (χ3v) is 3.92. The van der Waals surface area contributed by atoms with Gasteiger partial charge >= 0.3 is 0 Å². The van der Waals surface area contributed by atoms with Crippen molar-refractivity contribution in [2.24, 2.45) is 5.73 Å². The Morgan fingerprint density at radius 1 is 1.60 bits per heavy atom. The zero-order valence-electron chi connectivity index (χ0n) is 11.1. The number of amides is 1. The number of halogens is 1. The fraction of sp³-hybridized carbons (Fsp3) is 0.385. The molecule has 5 nitrogen and oxygen atoms in total. The van der Waals surface area contributed by atoms with Crippen molar-refractivity contribution >= 4 is 44.7 Å². The molecule has 0 radical (unpaired) electrons. The second-order valence-electron chi connectivity index (χ2n) is 4.42. The number of carbonyl (C=O) groups is 1. The molecule has 1 heterocycles. The molecule has 0 bridgehead atoms. The van der Waals surface area contributed by atoms with Crippen LogP contribution in [0.15, 0.2) is 22.7 Å². The zero-order valence-corrected chi connectivity index (χ0v) is 13.5. The molecular weight excluding hydrogens is 342 g/mol. The Labute approximate surface area is 131 Å². The van der Waals surface area contributed by atoms with E-state index < -0.39 is 0 Å². The Balaban J connectivity index is 2.42. The van der Waals surface area contributed by atoms with Crippen LogP contribution in [0, 0.1) is 0 Å². The summed E-state index contributed by atoms with van der Waals surface area (Å²) >= 11 is 8.52. The van der Waals surface area contributed by atoms with Crippen LogP contribution in [0.1, 0.15) is 5.56 Å². The minimum atomic E-state index is -0.372. The summed E-state index contributed by atoms with van der Waals surface area (Å²) in [6.45, 7) is 1.54. The maximum atomic E-state index is 12.0. The third-order valence-electron chi connectivity index (χ3n) is 3.21. The van der Waals surface area contributed by atoms with Gasteiger partial charge in [-0.05, 0) is 18.2 Å². The fourth-order valence-electron chi connectivity index (χ4n) is 2.23. The van der Waals surface area contributed by atoms with Crippen LogP contribution in [-0.2, 0) is 9.53 Å². The second-order valence-corrected chi connectivity index (χ2v) is 5.78. The number of nitrogens with two attached hydrogens (primary N) is 1. The predicted molar refractivity (Wildman–Crippen MR) is 86.0 cm³/mol. The van der Waals surface area contributed by atoms with Gasteiger partial charge in [-0.1, -0.05) is 28.1 Å². The van der Waals surface area contributed by atoms with Gasteiger partial charge in [-0.25, -0.2) is 0 Å². The van der Waals surface area contributed by atoms with Crippen LogP contribution in [-0.4, -0.2) is 43.7 Å². The molecule has 3 N–H and O–H groups in total. The van der Waals surface area contributed by atoms with E-state index in [1.807, 2.05) is 23.1 Å². The highest BCUT2D eigenvalue weighted by atomic mass is 79.9. The van der Waals surface area contributed by atoms with Crippen molar-refractivity contribution in [2.75, 3.05) is 31.7 Å². The summed E-state index contributed by atoms with van der Waals surface area (Å²) in [6.07, 6.45) is 0. The predicted octanol–water partition coefficient (Wildman–Crippen LogP) is 1.03. The van der Waals surface area contributed by atoms with E-state index in [9.17, 15) is 4.79 Å². The summed E-state index contributed by atoms with van der Waals surface area (Å²) in [5.74, 6) is -0.0819. The van der Waals surface area contributed by atoms with E-state index in [1.165, 1.54) is 0 Å². The lowest BCUT2D eigenvalue weighted by Crippen LogP contribution is -2.53. The Morgan fingerprint density at radius 3 is 3.00 bits per heavy atom. The number of carbonyl (C=O) groups excluding carboxylic acids is 1. The average molecular weight is 358 g/mol. The van der Waals surface area contributed by atoms with Crippen LogP contribution in [0.2, 0.25) is 0 Å². The maximum Gasteiger partial charge on any atom is 0.244 e. The molecule has 1 amide bonds. The van der Waals surface area contributed by atoms with Crippen molar-refractivity contribution < 1.29 is 9.53 Å². The monoisotopic (exact) mass is 357 g/mol. The number of anilines is 1. The molecule has 1 aromatic rings. The SMILES string of the molecule is CNC(=O)C1COCCN1c1ccc(Br)cc1C(N)=S. The summed E-state index contributed by atoms with van der Waals surface area (Å²) in [7, 11) is 1.62. The van der Waals surface area contributed by atoms with E-state index in [4.69, 9.17) is 22.7 Å². The first-order chi connectivity index (χ1) is 9.54. The summed E-state index contributed by atoms with van der Waals surface area (Å²) < 4.78 is 6.30. The minimum absolute atomic E-state index is 0.0819.